The van der Waals surface area contributed by atoms with Gasteiger partial charge in [-0.05, 0) is 16.4 Å². The number of benzene rings is 1. The first-order valence-corrected chi connectivity index (χ1v) is 6.22. The first-order valence-electron chi connectivity index (χ1n) is 6.22. The predicted octanol–water partition coefficient (Wildman–Crippen LogP) is 5.43. The average Bonchev–Trinajstić information content (AvgIpc) is 2.18. The fraction of sp³-hybridized carbons (Fsp3) is 0.625. The fourth-order valence-corrected chi connectivity index (χ4v) is 0.938. The van der Waals surface area contributed by atoms with E-state index < -0.39 is 0 Å². The maximum absolute atomic E-state index is 2.24. The van der Waals surface area contributed by atoms with Gasteiger partial charge in [-0.15, -0.1) is 0 Å². The molecule has 0 atom stereocenters. The van der Waals surface area contributed by atoms with Crippen molar-refractivity contribution in [2.45, 2.75) is 60.3 Å². The van der Waals surface area contributed by atoms with Crippen LogP contribution in [0.25, 0.3) is 0 Å². The van der Waals surface area contributed by atoms with Gasteiger partial charge in [0.15, 0.2) is 0 Å². The SMILES string of the molecule is CC(C)(C)c1ccccc1.CCC(C)(C)C. The molecule has 0 bridgehead atoms. The summed E-state index contributed by atoms with van der Waals surface area (Å²) in [5.41, 5.74) is 2.23. The van der Waals surface area contributed by atoms with Gasteiger partial charge >= 0.3 is 0 Å². The second-order valence-corrected chi connectivity index (χ2v) is 6.53. The molecule has 1 rings (SSSR count). The van der Waals surface area contributed by atoms with E-state index in [0.717, 1.165) is 0 Å². The molecule has 0 amide bonds. The van der Waals surface area contributed by atoms with Gasteiger partial charge in [-0.1, -0.05) is 85.2 Å². The molecule has 0 aromatic heterocycles. The highest BCUT2D eigenvalue weighted by Crippen LogP contribution is 2.20. The molecule has 16 heavy (non-hydrogen) atoms. The van der Waals surface area contributed by atoms with Crippen molar-refractivity contribution in [3.63, 3.8) is 0 Å². The van der Waals surface area contributed by atoms with Gasteiger partial charge in [-0.3, -0.25) is 0 Å². The second kappa shape index (κ2) is 6.08. The minimum atomic E-state index is 0.293. The van der Waals surface area contributed by atoms with E-state index in [1.54, 1.807) is 0 Å². The first-order chi connectivity index (χ1) is 7.17. The Morgan fingerprint density at radius 1 is 0.812 bits per heavy atom. The van der Waals surface area contributed by atoms with E-state index in [0.29, 0.717) is 10.8 Å². The van der Waals surface area contributed by atoms with Crippen LogP contribution in [0.1, 0.15) is 60.5 Å². The predicted molar refractivity (Wildman–Crippen MR) is 74.9 cm³/mol. The summed E-state index contributed by atoms with van der Waals surface area (Å²) < 4.78 is 0. The molecular formula is C16H28. The molecule has 0 aliphatic carbocycles. The Balaban J connectivity index is 0.000000325. The standard InChI is InChI=1S/C10H14.C6H14/c1-10(2,3)9-7-5-4-6-8-9;1-5-6(2,3)4/h4-8H,1-3H3;5H2,1-4H3. The molecule has 1 aromatic carbocycles. The van der Waals surface area contributed by atoms with E-state index in [-0.39, 0.29) is 0 Å². The van der Waals surface area contributed by atoms with Crippen LogP contribution in [0.4, 0.5) is 0 Å². The third kappa shape index (κ3) is 7.50. The van der Waals surface area contributed by atoms with Crippen LogP contribution in [-0.2, 0) is 5.41 Å². The van der Waals surface area contributed by atoms with Crippen molar-refractivity contribution in [2.24, 2.45) is 5.41 Å². The highest BCUT2D eigenvalue weighted by molar-refractivity contribution is 5.21. The van der Waals surface area contributed by atoms with Crippen LogP contribution < -0.4 is 0 Å². The van der Waals surface area contributed by atoms with Crippen molar-refractivity contribution in [1.82, 2.24) is 0 Å². The lowest BCUT2D eigenvalue weighted by Crippen LogP contribution is -2.10. The van der Waals surface area contributed by atoms with Crippen molar-refractivity contribution < 1.29 is 0 Å². The van der Waals surface area contributed by atoms with Crippen molar-refractivity contribution in [3.8, 4) is 0 Å². The van der Waals surface area contributed by atoms with Crippen LogP contribution in [0.2, 0.25) is 0 Å². The molecule has 0 nitrogen and oxygen atoms in total. The monoisotopic (exact) mass is 220 g/mol. The maximum atomic E-state index is 2.24. The van der Waals surface area contributed by atoms with Crippen LogP contribution >= 0.6 is 0 Å². The van der Waals surface area contributed by atoms with Crippen molar-refractivity contribution in [1.29, 1.82) is 0 Å². The molecular weight excluding hydrogens is 192 g/mol. The zero-order chi connectivity index (χ0) is 12.8. The summed E-state index contributed by atoms with van der Waals surface area (Å²) in [7, 11) is 0. The van der Waals surface area contributed by atoms with Gasteiger partial charge in [-0.2, -0.15) is 0 Å². The Hall–Kier alpha value is -0.780. The summed E-state index contributed by atoms with van der Waals surface area (Å²) in [6.45, 7) is 15.6. The molecule has 1 aromatic rings. The summed E-state index contributed by atoms with van der Waals surface area (Å²) in [6, 6.07) is 10.6. The van der Waals surface area contributed by atoms with Gasteiger partial charge in [0, 0.05) is 0 Å². The summed E-state index contributed by atoms with van der Waals surface area (Å²) >= 11 is 0. The molecule has 0 radical (unpaired) electrons. The molecule has 0 heteroatoms. The quantitative estimate of drug-likeness (QED) is 0.547. The van der Waals surface area contributed by atoms with Gasteiger partial charge in [0.1, 0.15) is 0 Å². The van der Waals surface area contributed by atoms with E-state index in [2.05, 4.69) is 78.8 Å². The van der Waals surface area contributed by atoms with Gasteiger partial charge in [0.2, 0.25) is 0 Å². The number of hydrogen-bond donors (Lipinski definition) is 0. The van der Waals surface area contributed by atoms with Gasteiger partial charge in [0.25, 0.3) is 0 Å². The summed E-state index contributed by atoms with van der Waals surface area (Å²) in [4.78, 5) is 0. The van der Waals surface area contributed by atoms with E-state index in [1.165, 1.54) is 12.0 Å². The molecule has 0 aliphatic rings. The molecule has 92 valence electrons. The van der Waals surface area contributed by atoms with Crippen molar-refractivity contribution in [2.75, 3.05) is 0 Å². The van der Waals surface area contributed by atoms with E-state index >= 15 is 0 Å². The van der Waals surface area contributed by atoms with Gasteiger partial charge in [-0.25, -0.2) is 0 Å². The molecule has 0 fully saturated rings. The largest absolute Gasteiger partial charge is 0.0649 e. The Bertz CT molecular complexity index is 269. The van der Waals surface area contributed by atoms with Gasteiger partial charge < -0.3 is 0 Å². The van der Waals surface area contributed by atoms with E-state index in [4.69, 9.17) is 0 Å². The number of rotatable bonds is 0. The normalized spacial score (nSPS) is 11.7. The Labute approximate surface area is 102 Å². The Kier molecular flexibility index (Phi) is 5.78. The van der Waals surface area contributed by atoms with Crippen LogP contribution in [0.3, 0.4) is 0 Å². The van der Waals surface area contributed by atoms with Crippen LogP contribution in [-0.4, -0.2) is 0 Å². The highest BCUT2D eigenvalue weighted by atomic mass is 14.2. The molecule has 0 N–H and O–H groups in total. The third-order valence-corrected chi connectivity index (χ3v) is 2.70. The van der Waals surface area contributed by atoms with E-state index in [1.807, 2.05) is 0 Å². The third-order valence-electron chi connectivity index (χ3n) is 2.70. The van der Waals surface area contributed by atoms with Crippen LogP contribution in [0.5, 0.6) is 0 Å². The highest BCUT2D eigenvalue weighted by Gasteiger charge is 2.11. The summed E-state index contributed by atoms with van der Waals surface area (Å²) in [5, 5.41) is 0. The average molecular weight is 220 g/mol. The molecule has 0 unspecified atom stereocenters. The fourth-order valence-electron chi connectivity index (χ4n) is 0.938. The minimum Gasteiger partial charge on any atom is -0.0649 e. The van der Waals surface area contributed by atoms with E-state index in [9.17, 15) is 0 Å². The molecule has 0 aliphatic heterocycles. The van der Waals surface area contributed by atoms with Crippen LogP contribution in [0, 0.1) is 5.41 Å². The molecule has 0 saturated carbocycles. The molecule has 0 spiro atoms. The minimum absolute atomic E-state index is 0.293. The summed E-state index contributed by atoms with van der Waals surface area (Å²) in [6.07, 6.45) is 1.27. The first kappa shape index (κ1) is 15.2. The topological polar surface area (TPSA) is 0 Å². The lowest BCUT2D eigenvalue weighted by Gasteiger charge is -2.18. The molecule has 0 heterocycles. The lowest BCUT2D eigenvalue weighted by atomic mass is 9.87. The zero-order valence-corrected chi connectivity index (χ0v) is 12.1. The summed E-state index contributed by atoms with van der Waals surface area (Å²) in [5.74, 6) is 0. The Morgan fingerprint density at radius 3 is 1.38 bits per heavy atom. The maximum Gasteiger partial charge on any atom is -0.0132 e. The van der Waals surface area contributed by atoms with Crippen molar-refractivity contribution in [3.05, 3.63) is 35.9 Å². The lowest BCUT2D eigenvalue weighted by molar-refractivity contribution is 0.398. The van der Waals surface area contributed by atoms with Gasteiger partial charge in [0.05, 0.1) is 0 Å². The van der Waals surface area contributed by atoms with Crippen LogP contribution in [0.15, 0.2) is 30.3 Å². The smallest absolute Gasteiger partial charge is 0.0132 e. The number of hydrogen-bond acceptors (Lipinski definition) is 0. The second-order valence-electron chi connectivity index (χ2n) is 6.53. The Morgan fingerprint density at radius 2 is 1.19 bits per heavy atom. The molecule has 0 saturated heterocycles. The zero-order valence-electron chi connectivity index (χ0n) is 12.1. The van der Waals surface area contributed by atoms with Crippen molar-refractivity contribution >= 4 is 0 Å².